The molecule has 0 aromatic heterocycles. The number of hydrogen-bond donors (Lipinski definition) is 2. The predicted octanol–water partition coefficient (Wildman–Crippen LogP) is 2.03. The van der Waals surface area contributed by atoms with Crippen molar-refractivity contribution in [2.45, 2.75) is 32.2 Å². The molecule has 5 heteroatoms. The first-order valence-electron chi connectivity index (χ1n) is 6.57. The van der Waals surface area contributed by atoms with Crippen LogP contribution in [-0.4, -0.2) is 26.4 Å². The lowest BCUT2D eigenvalue weighted by molar-refractivity contribution is 0.140. The van der Waals surface area contributed by atoms with E-state index in [9.17, 15) is 4.39 Å². The third-order valence-electron chi connectivity index (χ3n) is 2.98. The molecule has 108 valence electrons. The summed E-state index contributed by atoms with van der Waals surface area (Å²) in [6.45, 7) is 3.43. The molecular formula is C14H23FN2O2. The Morgan fingerprint density at radius 2 is 2.21 bits per heavy atom. The molecule has 0 spiro atoms. The number of benzene rings is 1. The molecule has 1 rings (SSSR count). The smallest absolute Gasteiger partial charge is 0.165 e. The van der Waals surface area contributed by atoms with Gasteiger partial charge in [-0.05, 0) is 43.9 Å². The second-order valence-corrected chi connectivity index (χ2v) is 4.38. The minimum Gasteiger partial charge on any atom is -0.494 e. The quantitative estimate of drug-likeness (QED) is 0.409. The highest BCUT2D eigenvalue weighted by Gasteiger charge is 2.10. The maximum Gasteiger partial charge on any atom is 0.165 e. The number of halogens is 1. The van der Waals surface area contributed by atoms with E-state index in [4.69, 9.17) is 15.3 Å². The summed E-state index contributed by atoms with van der Waals surface area (Å²) >= 11 is 0. The molecule has 0 fully saturated rings. The van der Waals surface area contributed by atoms with Crippen LogP contribution in [0.5, 0.6) is 5.75 Å². The molecule has 0 saturated carbocycles. The number of methoxy groups -OCH3 is 1. The average molecular weight is 270 g/mol. The number of ether oxygens (including phenoxy) is 2. The summed E-state index contributed by atoms with van der Waals surface area (Å²) in [6, 6.07) is 5.10. The first-order valence-corrected chi connectivity index (χ1v) is 6.57. The molecule has 0 saturated heterocycles. The van der Waals surface area contributed by atoms with Crippen molar-refractivity contribution in [1.82, 2.24) is 5.43 Å². The van der Waals surface area contributed by atoms with Gasteiger partial charge in [0.15, 0.2) is 11.6 Å². The van der Waals surface area contributed by atoms with Gasteiger partial charge in [-0.2, -0.15) is 0 Å². The molecule has 1 aromatic carbocycles. The van der Waals surface area contributed by atoms with Crippen molar-refractivity contribution in [1.29, 1.82) is 0 Å². The van der Waals surface area contributed by atoms with Gasteiger partial charge in [-0.1, -0.05) is 6.07 Å². The highest BCUT2D eigenvalue weighted by Crippen LogP contribution is 2.19. The zero-order chi connectivity index (χ0) is 14.1. The Bertz CT molecular complexity index is 374. The fourth-order valence-corrected chi connectivity index (χ4v) is 1.94. The van der Waals surface area contributed by atoms with Crippen LogP contribution < -0.4 is 16.0 Å². The normalized spacial score (nSPS) is 12.4. The highest BCUT2D eigenvalue weighted by molar-refractivity contribution is 5.29. The summed E-state index contributed by atoms with van der Waals surface area (Å²) in [5, 5.41) is 0. The monoisotopic (exact) mass is 270 g/mol. The molecule has 0 aliphatic rings. The van der Waals surface area contributed by atoms with E-state index in [1.165, 1.54) is 13.2 Å². The molecule has 1 atom stereocenters. The van der Waals surface area contributed by atoms with Gasteiger partial charge < -0.3 is 9.47 Å². The van der Waals surface area contributed by atoms with E-state index in [0.717, 1.165) is 31.6 Å². The van der Waals surface area contributed by atoms with E-state index in [-0.39, 0.29) is 17.6 Å². The van der Waals surface area contributed by atoms with Gasteiger partial charge in [0, 0.05) is 19.3 Å². The minimum absolute atomic E-state index is 0.119. The molecule has 0 aliphatic carbocycles. The number of rotatable bonds is 9. The van der Waals surface area contributed by atoms with E-state index < -0.39 is 0 Å². The third-order valence-corrected chi connectivity index (χ3v) is 2.98. The van der Waals surface area contributed by atoms with Gasteiger partial charge in [-0.15, -0.1) is 0 Å². The summed E-state index contributed by atoms with van der Waals surface area (Å²) < 4.78 is 23.7. The molecule has 19 heavy (non-hydrogen) atoms. The minimum atomic E-state index is -0.343. The zero-order valence-corrected chi connectivity index (χ0v) is 11.6. The molecule has 3 N–H and O–H groups in total. The standard InChI is InChI=1S/C14H23FN2O2/c1-3-19-8-4-5-12(17-16)9-11-6-7-14(18-2)13(15)10-11/h6-7,10,12,17H,3-5,8-9,16H2,1-2H3. The van der Waals surface area contributed by atoms with Crippen LogP contribution in [-0.2, 0) is 11.2 Å². The van der Waals surface area contributed by atoms with Gasteiger partial charge in [0.1, 0.15) is 0 Å². The Hall–Kier alpha value is -1.17. The van der Waals surface area contributed by atoms with E-state index in [2.05, 4.69) is 5.43 Å². The molecule has 1 aromatic rings. The average Bonchev–Trinajstić information content (AvgIpc) is 2.42. The van der Waals surface area contributed by atoms with Crippen molar-refractivity contribution in [3.8, 4) is 5.75 Å². The lowest BCUT2D eigenvalue weighted by Gasteiger charge is -2.16. The lowest BCUT2D eigenvalue weighted by atomic mass is 10.0. The number of hydrazine groups is 1. The molecule has 0 amide bonds. The van der Waals surface area contributed by atoms with Crippen LogP contribution in [0.3, 0.4) is 0 Å². The molecule has 4 nitrogen and oxygen atoms in total. The Morgan fingerprint density at radius 1 is 1.42 bits per heavy atom. The van der Waals surface area contributed by atoms with Crippen LogP contribution in [0.25, 0.3) is 0 Å². The maximum absolute atomic E-state index is 13.6. The van der Waals surface area contributed by atoms with Crippen molar-refractivity contribution < 1.29 is 13.9 Å². The summed E-state index contributed by atoms with van der Waals surface area (Å²) in [5.74, 6) is 5.44. The first-order chi connectivity index (χ1) is 9.21. The van der Waals surface area contributed by atoms with Gasteiger partial charge >= 0.3 is 0 Å². The SMILES string of the molecule is CCOCCCC(Cc1ccc(OC)c(F)c1)NN. The summed E-state index contributed by atoms with van der Waals surface area (Å²) in [5.41, 5.74) is 3.67. The van der Waals surface area contributed by atoms with E-state index >= 15 is 0 Å². The van der Waals surface area contributed by atoms with Gasteiger partial charge in [-0.3, -0.25) is 11.3 Å². The van der Waals surface area contributed by atoms with E-state index in [0.29, 0.717) is 6.42 Å². The molecule has 1 unspecified atom stereocenters. The summed E-state index contributed by atoms with van der Waals surface area (Å²) in [7, 11) is 1.45. The molecule has 0 bridgehead atoms. The fourth-order valence-electron chi connectivity index (χ4n) is 1.94. The van der Waals surface area contributed by atoms with Crippen molar-refractivity contribution in [3.63, 3.8) is 0 Å². The Kier molecular flexibility index (Phi) is 7.40. The van der Waals surface area contributed by atoms with E-state index in [1.54, 1.807) is 6.07 Å². The van der Waals surface area contributed by atoms with Crippen molar-refractivity contribution in [2.24, 2.45) is 5.84 Å². The molecule has 0 heterocycles. The van der Waals surface area contributed by atoms with Gasteiger partial charge in [-0.25, -0.2) is 4.39 Å². The van der Waals surface area contributed by atoms with Gasteiger partial charge in [0.25, 0.3) is 0 Å². The second kappa shape index (κ2) is 8.85. The first kappa shape index (κ1) is 15.9. The predicted molar refractivity (Wildman–Crippen MR) is 73.5 cm³/mol. The van der Waals surface area contributed by atoms with E-state index in [1.807, 2.05) is 13.0 Å². The summed E-state index contributed by atoms with van der Waals surface area (Å²) in [6.07, 6.45) is 2.51. The highest BCUT2D eigenvalue weighted by atomic mass is 19.1. The zero-order valence-electron chi connectivity index (χ0n) is 11.6. The van der Waals surface area contributed by atoms with Crippen LogP contribution in [0, 0.1) is 5.82 Å². The Balaban J connectivity index is 2.48. The molecule has 0 radical (unpaired) electrons. The third kappa shape index (κ3) is 5.55. The molecule has 0 aliphatic heterocycles. The maximum atomic E-state index is 13.6. The number of nitrogens with two attached hydrogens (primary N) is 1. The van der Waals surface area contributed by atoms with Crippen LogP contribution >= 0.6 is 0 Å². The van der Waals surface area contributed by atoms with Crippen LogP contribution in [0.4, 0.5) is 4.39 Å². The van der Waals surface area contributed by atoms with Crippen molar-refractivity contribution >= 4 is 0 Å². The Morgan fingerprint density at radius 3 is 2.79 bits per heavy atom. The Labute approximate surface area is 114 Å². The topological polar surface area (TPSA) is 56.5 Å². The second-order valence-electron chi connectivity index (χ2n) is 4.38. The lowest BCUT2D eigenvalue weighted by Crippen LogP contribution is -2.37. The van der Waals surface area contributed by atoms with Crippen LogP contribution in [0.15, 0.2) is 18.2 Å². The molecular weight excluding hydrogens is 247 g/mol. The number of hydrogen-bond acceptors (Lipinski definition) is 4. The largest absolute Gasteiger partial charge is 0.494 e. The van der Waals surface area contributed by atoms with Crippen LogP contribution in [0.1, 0.15) is 25.3 Å². The summed E-state index contributed by atoms with van der Waals surface area (Å²) in [4.78, 5) is 0. The van der Waals surface area contributed by atoms with Crippen molar-refractivity contribution in [2.75, 3.05) is 20.3 Å². The van der Waals surface area contributed by atoms with Gasteiger partial charge in [0.05, 0.1) is 7.11 Å². The van der Waals surface area contributed by atoms with Crippen molar-refractivity contribution in [3.05, 3.63) is 29.6 Å². The van der Waals surface area contributed by atoms with Gasteiger partial charge in [0.2, 0.25) is 0 Å². The van der Waals surface area contributed by atoms with Crippen LogP contribution in [0.2, 0.25) is 0 Å². The number of nitrogens with one attached hydrogen (secondary N) is 1. The fraction of sp³-hybridized carbons (Fsp3) is 0.571.